The number of aliphatic hydroxyl groups excluding tert-OH is 1. The number of azide groups is 1. The summed E-state index contributed by atoms with van der Waals surface area (Å²) in [6, 6.07) is 7.00. The van der Waals surface area contributed by atoms with Gasteiger partial charge < -0.3 is 24.4 Å². The molecule has 3 rings (SSSR count). The molecule has 0 bridgehead atoms. The molecule has 0 saturated carbocycles. The smallest absolute Gasteiger partial charge is 0.218 e. The van der Waals surface area contributed by atoms with Crippen LogP contribution in [0.2, 0.25) is 0 Å². The number of aliphatic hydroxyl groups is 2. The summed E-state index contributed by atoms with van der Waals surface area (Å²) in [6.07, 6.45) is -1.65. The minimum atomic E-state index is -1.88. The zero-order valence-electron chi connectivity index (χ0n) is 11.8. The van der Waals surface area contributed by atoms with Gasteiger partial charge in [-0.25, -0.2) is 0 Å². The summed E-state index contributed by atoms with van der Waals surface area (Å²) in [6.45, 7) is -0.134. The Bertz CT molecular complexity index is 592. The first kappa shape index (κ1) is 15.2. The zero-order chi connectivity index (χ0) is 15.6. The lowest BCUT2D eigenvalue weighted by Crippen LogP contribution is -2.64. The molecule has 1 saturated heterocycles. The SMILES string of the molecule is [N-]=[N+]=N[C@@H]1CO[C@](O)(CO)[C@H]2OCc3ccccc3CO[C@H]12. The van der Waals surface area contributed by atoms with Crippen molar-refractivity contribution in [3.05, 3.63) is 45.8 Å². The molecule has 0 aromatic heterocycles. The van der Waals surface area contributed by atoms with E-state index in [0.717, 1.165) is 11.1 Å². The van der Waals surface area contributed by atoms with E-state index in [1.165, 1.54) is 0 Å². The third-order valence-electron chi connectivity index (χ3n) is 4.02. The third-order valence-corrected chi connectivity index (χ3v) is 4.02. The highest BCUT2D eigenvalue weighted by atomic mass is 16.7. The maximum Gasteiger partial charge on any atom is 0.218 e. The van der Waals surface area contributed by atoms with Crippen LogP contribution in [-0.2, 0) is 27.4 Å². The van der Waals surface area contributed by atoms with Crippen molar-refractivity contribution in [2.75, 3.05) is 13.2 Å². The second-order valence-electron chi connectivity index (χ2n) is 5.36. The van der Waals surface area contributed by atoms with Gasteiger partial charge in [-0.1, -0.05) is 29.4 Å². The van der Waals surface area contributed by atoms with Crippen molar-refractivity contribution in [1.82, 2.24) is 0 Å². The summed E-state index contributed by atoms with van der Waals surface area (Å²) in [5.41, 5.74) is 10.6. The van der Waals surface area contributed by atoms with Crippen LogP contribution in [0.3, 0.4) is 0 Å². The minimum absolute atomic E-state index is 0.0483. The van der Waals surface area contributed by atoms with E-state index in [4.69, 9.17) is 19.7 Å². The van der Waals surface area contributed by atoms with Crippen LogP contribution >= 0.6 is 0 Å². The van der Waals surface area contributed by atoms with E-state index < -0.39 is 30.6 Å². The predicted octanol–water partition coefficient (Wildman–Crippen LogP) is 0.861. The van der Waals surface area contributed by atoms with E-state index in [9.17, 15) is 10.2 Å². The van der Waals surface area contributed by atoms with Gasteiger partial charge >= 0.3 is 0 Å². The fraction of sp³-hybridized carbons (Fsp3) is 0.571. The van der Waals surface area contributed by atoms with Gasteiger partial charge in [0.05, 0.1) is 32.5 Å². The molecule has 0 aliphatic carbocycles. The molecule has 0 amide bonds. The van der Waals surface area contributed by atoms with Gasteiger partial charge in [0.15, 0.2) is 0 Å². The number of nitrogens with zero attached hydrogens (tertiary/aromatic N) is 3. The predicted molar refractivity (Wildman–Crippen MR) is 74.5 cm³/mol. The normalized spacial score (nSPS) is 34.5. The topological polar surface area (TPSA) is 117 Å². The fourth-order valence-electron chi connectivity index (χ4n) is 2.79. The molecule has 2 heterocycles. The van der Waals surface area contributed by atoms with E-state index in [-0.39, 0.29) is 13.2 Å². The lowest BCUT2D eigenvalue weighted by molar-refractivity contribution is -0.334. The molecule has 1 aromatic rings. The first-order chi connectivity index (χ1) is 10.7. The highest BCUT2D eigenvalue weighted by molar-refractivity contribution is 5.26. The van der Waals surface area contributed by atoms with Crippen molar-refractivity contribution >= 4 is 0 Å². The largest absolute Gasteiger partial charge is 0.391 e. The molecule has 2 aliphatic heterocycles. The number of hydrogen-bond donors (Lipinski definition) is 2. The molecule has 2 N–H and O–H groups in total. The van der Waals surface area contributed by atoms with Crippen molar-refractivity contribution in [2.24, 2.45) is 5.11 Å². The standard InChI is InChI=1S/C14H17N3O5/c15-17-16-11-7-22-14(19,8-18)13-12(11)20-5-9-3-1-2-4-10(9)6-21-13/h1-4,11-13,18-19H,5-8H2/t11-,12-,13+,14-/m1/s1. The quantitative estimate of drug-likeness (QED) is 0.477. The zero-order valence-corrected chi connectivity index (χ0v) is 11.8. The molecule has 8 heteroatoms. The number of hydrogen-bond acceptors (Lipinski definition) is 6. The lowest BCUT2D eigenvalue weighted by atomic mass is 9.94. The lowest BCUT2D eigenvalue weighted by Gasteiger charge is -2.45. The molecule has 118 valence electrons. The first-order valence-electron chi connectivity index (χ1n) is 6.99. The molecular formula is C14H17N3O5. The van der Waals surface area contributed by atoms with Gasteiger partial charge in [-0.15, -0.1) is 0 Å². The fourth-order valence-corrected chi connectivity index (χ4v) is 2.79. The monoisotopic (exact) mass is 307 g/mol. The summed E-state index contributed by atoms with van der Waals surface area (Å²) in [4.78, 5) is 2.79. The van der Waals surface area contributed by atoms with Gasteiger partial charge in [0, 0.05) is 4.91 Å². The van der Waals surface area contributed by atoms with Crippen LogP contribution in [-0.4, -0.2) is 47.5 Å². The summed E-state index contributed by atoms with van der Waals surface area (Å²) >= 11 is 0. The molecule has 2 aliphatic rings. The summed E-state index contributed by atoms with van der Waals surface area (Å²) in [7, 11) is 0. The maximum absolute atomic E-state index is 10.4. The molecule has 1 aromatic carbocycles. The van der Waals surface area contributed by atoms with Crippen LogP contribution in [0.4, 0.5) is 0 Å². The van der Waals surface area contributed by atoms with Crippen molar-refractivity contribution in [2.45, 2.75) is 37.3 Å². The molecule has 1 fully saturated rings. The number of benzene rings is 1. The van der Waals surface area contributed by atoms with Gasteiger partial charge in [0.1, 0.15) is 12.2 Å². The van der Waals surface area contributed by atoms with E-state index in [1.807, 2.05) is 24.3 Å². The summed E-state index contributed by atoms with van der Waals surface area (Å²) in [5, 5.41) is 23.5. The average molecular weight is 307 g/mol. The van der Waals surface area contributed by atoms with Crippen LogP contribution in [0.1, 0.15) is 11.1 Å². The van der Waals surface area contributed by atoms with Crippen molar-refractivity contribution in [3.8, 4) is 0 Å². The Hall–Kier alpha value is -1.67. The Morgan fingerprint density at radius 2 is 1.95 bits per heavy atom. The Labute approximate surface area is 126 Å². The average Bonchev–Trinajstić information content (AvgIpc) is 2.52. The van der Waals surface area contributed by atoms with E-state index in [1.54, 1.807) is 0 Å². The molecule has 0 radical (unpaired) electrons. The van der Waals surface area contributed by atoms with Gasteiger partial charge in [0.25, 0.3) is 0 Å². The molecule has 0 unspecified atom stereocenters. The van der Waals surface area contributed by atoms with Gasteiger partial charge in [0.2, 0.25) is 5.79 Å². The van der Waals surface area contributed by atoms with Crippen LogP contribution < -0.4 is 0 Å². The molecule has 4 atom stereocenters. The summed E-state index contributed by atoms with van der Waals surface area (Å²) in [5.74, 6) is -1.88. The molecule has 22 heavy (non-hydrogen) atoms. The number of ether oxygens (including phenoxy) is 3. The van der Waals surface area contributed by atoms with Crippen LogP contribution in [0, 0.1) is 0 Å². The number of fused-ring (bicyclic) bond motifs is 2. The first-order valence-corrected chi connectivity index (χ1v) is 6.99. The maximum atomic E-state index is 10.4. The molecular weight excluding hydrogens is 290 g/mol. The summed E-state index contributed by atoms with van der Waals surface area (Å²) < 4.78 is 16.9. The second-order valence-corrected chi connectivity index (χ2v) is 5.36. The van der Waals surface area contributed by atoms with E-state index in [2.05, 4.69) is 10.0 Å². The van der Waals surface area contributed by atoms with Crippen molar-refractivity contribution in [1.29, 1.82) is 0 Å². The van der Waals surface area contributed by atoms with E-state index in [0.29, 0.717) is 6.61 Å². The van der Waals surface area contributed by atoms with Crippen LogP contribution in [0.15, 0.2) is 29.4 Å². The molecule has 0 spiro atoms. The van der Waals surface area contributed by atoms with Crippen molar-refractivity contribution in [3.63, 3.8) is 0 Å². The highest BCUT2D eigenvalue weighted by Crippen LogP contribution is 2.33. The van der Waals surface area contributed by atoms with Gasteiger partial charge in [-0.2, -0.15) is 0 Å². The Kier molecular flexibility index (Phi) is 4.30. The Morgan fingerprint density at radius 3 is 2.59 bits per heavy atom. The van der Waals surface area contributed by atoms with E-state index >= 15 is 0 Å². The van der Waals surface area contributed by atoms with Crippen LogP contribution in [0.25, 0.3) is 10.4 Å². The van der Waals surface area contributed by atoms with Crippen LogP contribution in [0.5, 0.6) is 0 Å². The van der Waals surface area contributed by atoms with Crippen molar-refractivity contribution < 1.29 is 24.4 Å². The molecule has 8 nitrogen and oxygen atoms in total. The minimum Gasteiger partial charge on any atom is -0.391 e. The highest BCUT2D eigenvalue weighted by Gasteiger charge is 2.51. The third kappa shape index (κ3) is 2.68. The van der Waals surface area contributed by atoms with Gasteiger partial charge in [-0.05, 0) is 16.7 Å². The second kappa shape index (κ2) is 6.21. The Balaban J connectivity index is 1.93. The van der Waals surface area contributed by atoms with Gasteiger partial charge in [-0.3, -0.25) is 0 Å². The number of rotatable bonds is 2. The Morgan fingerprint density at radius 1 is 1.27 bits per heavy atom.